The SMILES string of the molecule is OC(O)C=CC1C=CC=CC1=CC=Cc1ccccc1. The topological polar surface area (TPSA) is 40.5 Å². The van der Waals surface area contributed by atoms with E-state index >= 15 is 0 Å². The fourth-order valence-corrected chi connectivity index (χ4v) is 1.97. The summed E-state index contributed by atoms with van der Waals surface area (Å²) in [4.78, 5) is 0. The minimum atomic E-state index is -1.41. The third-order valence-electron chi connectivity index (χ3n) is 2.97. The number of benzene rings is 1. The zero-order valence-electron chi connectivity index (χ0n) is 11.1. The lowest BCUT2D eigenvalue weighted by Crippen LogP contribution is -2.02. The van der Waals surface area contributed by atoms with Gasteiger partial charge >= 0.3 is 0 Å². The Morgan fingerprint density at radius 2 is 1.85 bits per heavy atom. The number of aliphatic hydroxyl groups excluding tert-OH is 1. The summed E-state index contributed by atoms with van der Waals surface area (Å²) in [5.74, 6) is 0.0715. The second kappa shape index (κ2) is 7.43. The molecule has 2 heteroatoms. The van der Waals surface area contributed by atoms with Gasteiger partial charge in [-0.25, -0.2) is 0 Å². The molecule has 2 rings (SSSR count). The largest absolute Gasteiger partial charge is 0.365 e. The molecule has 0 fully saturated rings. The molecular weight excluding hydrogens is 248 g/mol. The van der Waals surface area contributed by atoms with Gasteiger partial charge in [-0.15, -0.1) is 0 Å². The first-order valence-electron chi connectivity index (χ1n) is 6.58. The van der Waals surface area contributed by atoms with Crippen molar-refractivity contribution in [2.45, 2.75) is 6.29 Å². The van der Waals surface area contributed by atoms with Crippen LogP contribution in [0.4, 0.5) is 0 Å². The number of hydrogen-bond donors (Lipinski definition) is 2. The summed E-state index contributed by atoms with van der Waals surface area (Å²) in [6, 6.07) is 10.1. The molecule has 1 atom stereocenters. The van der Waals surface area contributed by atoms with E-state index in [9.17, 15) is 0 Å². The predicted octanol–water partition coefficient (Wildman–Crippen LogP) is 3.24. The van der Waals surface area contributed by atoms with Crippen LogP contribution in [0.1, 0.15) is 5.56 Å². The van der Waals surface area contributed by atoms with E-state index in [4.69, 9.17) is 10.2 Å². The van der Waals surface area contributed by atoms with Crippen LogP contribution in [0.3, 0.4) is 0 Å². The van der Waals surface area contributed by atoms with Gasteiger partial charge < -0.3 is 10.2 Å². The van der Waals surface area contributed by atoms with Crippen LogP contribution in [-0.4, -0.2) is 16.5 Å². The quantitative estimate of drug-likeness (QED) is 0.649. The van der Waals surface area contributed by atoms with Crippen molar-refractivity contribution in [3.05, 3.63) is 90.1 Å². The summed E-state index contributed by atoms with van der Waals surface area (Å²) in [6.45, 7) is 0. The van der Waals surface area contributed by atoms with Crippen LogP contribution in [0, 0.1) is 5.92 Å². The molecule has 20 heavy (non-hydrogen) atoms. The summed E-state index contributed by atoms with van der Waals surface area (Å²) in [7, 11) is 0. The second-order valence-corrected chi connectivity index (χ2v) is 4.50. The van der Waals surface area contributed by atoms with Crippen molar-refractivity contribution in [3.63, 3.8) is 0 Å². The molecule has 0 heterocycles. The summed E-state index contributed by atoms with van der Waals surface area (Å²) >= 11 is 0. The average Bonchev–Trinajstić information content (AvgIpc) is 2.47. The predicted molar refractivity (Wildman–Crippen MR) is 82.7 cm³/mol. The fourth-order valence-electron chi connectivity index (χ4n) is 1.97. The Bertz CT molecular complexity index is 560. The maximum atomic E-state index is 8.89. The molecule has 1 aliphatic carbocycles. The highest BCUT2D eigenvalue weighted by atomic mass is 16.5. The highest BCUT2D eigenvalue weighted by Crippen LogP contribution is 2.20. The van der Waals surface area contributed by atoms with Crippen molar-refractivity contribution in [3.8, 4) is 0 Å². The van der Waals surface area contributed by atoms with Gasteiger partial charge in [0, 0.05) is 5.92 Å². The Hall–Kier alpha value is -2.16. The molecule has 1 aromatic rings. The van der Waals surface area contributed by atoms with Crippen LogP contribution in [0.5, 0.6) is 0 Å². The minimum absolute atomic E-state index is 0.0715. The molecule has 0 amide bonds. The van der Waals surface area contributed by atoms with E-state index in [2.05, 4.69) is 0 Å². The highest BCUT2D eigenvalue weighted by molar-refractivity contribution is 5.52. The lowest BCUT2D eigenvalue weighted by atomic mass is 9.93. The molecule has 1 unspecified atom stereocenters. The number of aliphatic hydroxyl groups is 2. The van der Waals surface area contributed by atoms with Gasteiger partial charge in [0.2, 0.25) is 0 Å². The number of rotatable bonds is 4. The van der Waals surface area contributed by atoms with Crippen LogP contribution in [0.25, 0.3) is 6.08 Å². The molecule has 0 aromatic heterocycles. The first-order valence-corrected chi connectivity index (χ1v) is 6.58. The van der Waals surface area contributed by atoms with Gasteiger partial charge in [0.15, 0.2) is 6.29 Å². The van der Waals surface area contributed by atoms with Crippen molar-refractivity contribution in [1.29, 1.82) is 0 Å². The molecule has 102 valence electrons. The van der Waals surface area contributed by atoms with Crippen molar-refractivity contribution in [2.24, 2.45) is 5.92 Å². The maximum Gasteiger partial charge on any atom is 0.171 e. The Balaban J connectivity index is 2.09. The molecule has 0 aliphatic heterocycles. The molecule has 0 radical (unpaired) electrons. The molecule has 1 aliphatic rings. The molecule has 0 bridgehead atoms. The van der Waals surface area contributed by atoms with Crippen LogP contribution in [0.15, 0.2) is 84.5 Å². The van der Waals surface area contributed by atoms with Crippen LogP contribution in [0.2, 0.25) is 0 Å². The maximum absolute atomic E-state index is 8.89. The number of hydrogen-bond acceptors (Lipinski definition) is 2. The lowest BCUT2D eigenvalue weighted by molar-refractivity contribution is 0.00209. The molecule has 0 saturated heterocycles. The third kappa shape index (κ3) is 4.50. The van der Waals surface area contributed by atoms with Gasteiger partial charge in [0.1, 0.15) is 0 Å². The average molecular weight is 266 g/mol. The van der Waals surface area contributed by atoms with E-state index in [1.165, 1.54) is 6.08 Å². The first kappa shape index (κ1) is 14.3. The standard InChI is InChI=1S/C18H18O2/c19-18(20)14-13-17-11-5-4-10-16(17)12-6-9-15-7-2-1-3-8-15/h1-14,17-20H. The molecule has 0 spiro atoms. The zero-order chi connectivity index (χ0) is 14.2. The van der Waals surface area contributed by atoms with E-state index in [1.54, 1.807) is 6.08 Å². The Morgan fingerprint density at radius 3 is 2.60 bits per heavy atom. The smallest absolute Gasteiger partial charge is 0.171 e. The van der Waals surface area contributed by atoms with Crippen molar-refractivity contribution in [2.75, 3.05) is 0 Å². The van der Waals surface area contributed by atoms with E-state index in [0.717, 1.165) is 11.1 Å². The van der Waals surface area contributed by atoms with Gasteiger partial charge in [-0.05, 0) is 17.2 Å². The van der Waals surface area contributed by atoms with E-state index in [1.807, 2.05) is 72.9 Å². The van der Waals surface area contributed by atoms with Crippen LogP contribution in [-0.2, 0) is 0 Å². The van der Waals surface area contributed by atoms with Gasteiger partial charge in [0.25, 0.3) is 0 Å². The molecule has 2 N–H and O–H groups in total. The van der Waals surface area contributed by atoms with Gasteiger partial charge in [-0.3, -0.25) is 0 Å². The minimum Gasteiger partial charge on any atom is -0.365 e. The van der Waals surface area contributed by atoms with Gasteiger partial charge in [-0.1, -0.05) is 78.9 Å². The van der Waals surface area contributed by atoms with Crippen molar-refractivity contribution < 1.29 is 10.2 Å². The Morgan fingerprint density at radius 1 is 1.05 bits per heavy atom. The number of allylic oxidation sites excluding steroid dienone is 8. The second-order valence-electron chi connectivity index (χ2n) is 4.50. The van der Waals surface area contributed by atoms with E-state index in [0.29, 0.717) is 0 Å². The summed E-state index contributed by atoms with van der Waals surface area (Å²) in [5, 5.41) is 17.8. The zero-order valence-corrected chi connectivity index (χ0v) is 11.1. The van der Waals surface area contributed by atoms with E-state index in [-0.39, 0.29) is 5.92 Å². The third-order valence-corrected chi connectivity index (χ3v) is 2.97. The van der Waals surface area contributed by atoms with E-state index < -0.39 is 6.29 Å². The Kier molecular flexibility index (Phi) is 5.30. The lowest BCUT2D eigenvalue weighted by Gasteiger charge is -2.12. The highest BCUT2D eigenvalue weighted by Gasteiger charge is 2.07. The fraction of sp³-hybridized carbons (Fsp3) is 0.111. The molecule has 1 aromatic carbocycles. The van der Waals surface area contributed by atoms with Crippen LogP contribution < -0.4 is 0 Å². The Labute approximate surface area is 119 Å². The van der Waals surface area contributed by atoms with Gasteiger partial charge in [0.05, 0.1) is 0 Å². The summed E-state index contributed by atoms with van der Waals surface area (Å²) < 4.78 is 0. The monoisotopic (exact) mass is 266 g/mol. The van der Waals surface area contributed by atoms with Crippen molar-refractivity contribution in [1.82, 2.24) is 0 Å². The van der Waals surface area contributed by atoms with Gasteiger partial charge in [-0.2, -0.15) is 0 Å². The molecule has 2 nitrogen and oxygen atoms in total. The molecular formula is C18H18O2. The normalized spacial score (nSPS) is 20.8. The molecule has 0 saturated carbocycles. The summed E-state index contributed by atoms with van der Waals surface area (Å²) in [5.41, 5.74) is 2.26. The summed E-state index contributed by atoms with van der Waals surface area (Å²) in [6.07, 6.45) is 15.8. The first-order chi connectivity index (χ1) is 9.75. The van der Waals surface area contributed by atoms with Crippen molar-refractivity contribution >= 4 is 6.08 Å². The van der Waals surface area contributed by atoms with Crippen LogP contribution >= 0.6 is 0 Å².